The summed E-state index contributed by atoms with van der Waals surface area (Å²) in [6, 6.07) is 12.6. The second kappa shape index (κ2) is 9.88. The third-order valence-corrected chi connectivity index (χ3v) is 5.97. The van der Waals surface area contributed by atoms with E-state index in [0.29, 0.717) is 34.8 Å². The van der Waals surface area contributed by atoms with E-state index >= 15 is 0 Å². The molecule has 0 spiro atoms. The van der Waals surface area contributed by atoms with E-state index in [1.54, 1.807) is 33.4 Å². The Hall–Kier alpha value is -4.08. The molecule has 188 valence electrons. The highest BCUT2D eigenvalue weighted by atomic mass is 19.4. The molecule has 0 bridgehead atoms. The van der Waals surface area contributed by atoms with Gasteiger partial charge in [-0.05, 0) is 42.7 Å². The van der Waals surface area contributed by atoms with Crippen LogP contribution in [-0.2, 0) is 12.6 Å². The zero-order chi connectivity index (χ0) is 26.0. The summed E-state index contributed by atoms with van der Waals surface area (Å²) in [7, 11) is 4.65. The number of carbonyl (C=O) groups is 1. The highest BCUT2D eigenvalue weighted by molar-refractivity contribution is 6.14. The highest BCUT2D eigenvalue weighted by Crippen LogP contribution is 2.35. The predicted octanol–water partition coefficient (Wildman–Crippen LogP) is 5.12. The van der Waals surface area contributed by atoms with Gasteiger partial charge in [-0.3, -0.25) is 4.98 Å². The van der Waals surface area contributed by atoms with E-state index < -0.39 is 11.9 Å². The monoisotopic (exact) mass is 498 g/mol. The lowest BCUT2D eigenvalue weighted by molar-refractivity contribution is -0.141. The minimum atomic E-state index is -4.50. The van der Waals surface area contributed by atoms with Gasteiger partial charge in [0.1, 0.15) is 5.69 Å². The van der Waals surface area contributed by atoms with Gasteiger partial charge in [0, 0.05) is 29.9 Å². The number of hydrogen-bond acceptors (Lipinski definition) is 5. The number of ether oxygens (including phenoxy) is 2. The molecule has 3 aromatic rings. The molecule has 0 saturated carbocycles. The van der Waals surface area contributed by atoms with Crippen LogP contribution in [-0.4, -0.2) is 49.0 Å². The molecule has 1 aromatic heterocycles. The van der Waals surface area contributed by atoms with Gasteiger partial charge in [-0.2, -0.15) is 18.3 Å². The molecule has 7 nitrogen and oxygen atoms in total. The first-order valence-electron chi connectivity index (χ1n) is 11.1. The maximum Gasteiger partial charge on any atom is 0.433 e. The number of methoxy groups -OCH3 is 2. The Morgan fingerprint density at radius 2 is 1.61 bits per heavy atom. The lowest BCUT2D eigenvalue weighted by Crippen LogP contribution is -2.41. The fourth-order valence-corrected chi connectivity index (χ4v) is 4.10. The smallest absolute Gasteiger partial charge is 0.433 e. The molecule has 4 rings (SSSR count). The molecule has 1 aliphatic heterocycles. The molecule has 1 atom stereocenters. The summed E-state index contributed by atoms with van der Waals surface area (Å²) >= 11 is 0. The van der Waals surface area contributed by atoms with Crippen molar-refractivity contribution in [3.63, 3.8) is 0 Å². The van der Waals surface area contributed by atoms with E-state index in [1.807, 2.05) is 31.2 Å². The van der Waals surface area contributed by atoms with Crippen LogP contribution >= 0.6 is 0 Å². The highest BCUT2D eigenvalue weighted by Gasteiger charge is 2.32. The fraction of sp³-hybridized carbons (Fsp3) is 0.269. The third-order valence-electron chi connectivity index (χ3n) is 5.97. The molecule has 2 heterocycles. The number of amides is 2. The van der Waals surface area contributed by atoms with Crippen molar-refractivity contribution in [2.75, 3.05) is 21.3 Å². The van der Waals surface area contributed by atoms with Crippen LogP contribution in [0.1, 0.15) is 29.3 Å². The quantitative estimate of drug-likeness (QED) is 0.542. The van der Waals surface area contributed by atoms with Crippen LogP contribution in [0.3, 0.4) is 0 Å². The first-order valence-corrected chi connectivity index (χ1v) is 11.1. The van der Waals surface area contributed by atoms with Gasteiger partial charge in [0.05, 0.1) is 26.0 Å². The molecule has 36 heavy (non-hydrogen) atoms. The number of carbonyl (C=O) groups excluding carboxylic acids is 1. The number of urea groups is 1. The van der Waals surface area contributed by atoms with Gasteiger partial charge in [0.15, 0.2) is 11.5 Å². The molecule has 1 N–H and O–H groups in total. The number of alkyl halides is 3. The van der Waals surface area contributed by atoms with Crippen LogP contribution in [0.2, 0.25) is 0 Å². The number of hydrogen-bond donors (Lipinski definition) is 1. The van der Waals surface area contributed by atoms with Crippen molar-refractivity contribution in [1.29, 1.82) is 0 Å². The standard InChI is InChI=1S/C26H25F3N4O3/c1-15-11-19-12-21(35-3)22(36-4)13-20(19)24(32-33(15)25(34)30-2)17-7-5-16(6-8-17)18-9-10-23(31-14-18)26(27,28)29/h5-10,12-15H,11H2,1-4H3,(H,30,34)/t15-/m1/s1. The van der Waals surface area contributed by atoms with Crippen LogP contribution in [0.5, 0.6) is 11.5 Å². The van der Waals surface area contributed by atoms with E-state index in [1.165, 1.54) is 17.3 Å². The Kier molecular flexibility index (Phi) is 6.87. The lowest BCUT2D eigenvalue weighted by atomic mass is 9.93. The number of nitrogens with zero attached hydrogens (tertiary/aromatic N) is 3. The number of benzene rings is 2. The van der Waals surface area contributed by atoms with Crippen LogP contribution in [0.4, 0.5) is 18.0 Å². The average molecular weight is 499 g/mol. The zero-order valence-corrected chi connectivity index (χ0v) is 20.2. The molecular formula is C26H25F3N4O3. The minimum Gasteiger partial charge on any atom is -0.493 e. The van der Waals surface area contributed by atoms with Gasteiger partial charge in [0.2, 0.25) is 0 Å². The first kappa shape index (κ1) is 25.0. The maximum atomic E-state index is 12.9. The number of aromatic nitrogens is 1. The Labute approximate surface area is 206 Å². The summed E-state index contributed by atoms with van der Waals surface area (Å²) in [5, 5.41) is 8.75. The van der Waals surface area contributed by atoms with Crippen molar-refractivity contribution in [3.05, 3.63) is 77.1 Å². The van der Waals surface area contributed by atoms with Gasteiger partial charge in [-0.15, -0.1) is 0 Å². The predicted molar refractivity (Wildman–Crippen MR) is 129 cm³/mol. The molecular weight excluding hydrogens is 473 g/mol. The lowest BCUT2D eigenvalue weighted by Gasteiger charge is -2.22. The molecule has 2 aromatic carbocycles. The number of pyridine rings is 1. The number of nitrogens with one attached hydrogen (secondary N) is 1. The summed E-state index contributed by atoms with van der Waals surface area (Å²) in [6.45, 7) is 1.91. The van der Waals surface area contributed by atoms with E-state index in [0.717, 1.165) is 22.8 Å². The third kappa shape index (κ3) is 4.84. The summed E-state index contributed by atoms with van der Waals surface area (Å²) in [4.78, 5) is 16.2. The molecule has 0 aliphatic carbocycles. The second-order valence-corrected chi connectivity index (χ2v) is 8.27. The molecule has 0 radical (unpaired) electrons. The number of rotatable bonds is 4. The number of halogens is 3. The van der Waals surface area contributed by atoms with Crippen molar-refractivity contribution < 1.29 is 27.4 Å². The van der Waals surface area contributed by atoms with Gasteiger partial charge < -0.3 is 14.8 Å². The SMILES string of the molecule is CNC(=O)N1N=C(c2ccc(-c3ccc(C(F)(F)F)nc3)cc2)c2cc(OC)c(OC)cc2C[C@H]1C. The van der Waals surface area contributed by atoms with Crippen molar-refractivity contribution in [2.24, 2.45) is 5.10 Å². The van der Waals surface area contributed by atoms with E-state index in [4.69, 9.17) is 14.6 Å². The summed E-state index contributed by atoms with van der Waals surface area (Å²) in [6.07, 6.45) is -2.77. The normalized spacial score (nSPS) is 15.5. The van der Waals surface area contributed by atoms with Gasteiger partial charge >= 0.3 is 12.2 Å². The van der Waals surface area contributed by atoms with E-state index in [9.17, 15) is 18.0 Å². The maximum absolute atomic E-state index is 12.9. The largest absolute Gasteiger partial charge is 0.493 e. The van der Waals surface area contributed by atoms with Crippen LogP contribution in [0, 0.1) is 0 Å². The number of fused-ring (bicyclic) bond motifs is 1. The Morgan fingerprint density at radius 1 is 1.00 bits per heavy atom. The molecule has 0 fully saturated rings. The van der Waals surface area contributed by atoms with Crippen LogP contribution < -0.4 is 14.8 Å². The van der Waals surface area contributed by atoms with E-state index in [-0.39, 0.29) is 12.1 Å². The Morgan fingerprint density at radius 3 is 2.17 bits per heavy atom. The number of hydrazone groups is 1. The van der Waals surface area contributed by atoms with Crippen LogP contribution in [0.15, 0.2) is 59.8 Å². The molecule has 10 heteroatoms. The first-order chi connectivity index (χ1) is 17.2. The van der Waals surface area contributed by atoms with Gasteiger partial charge in [-0.25, -0.2) is 9.80 Å². The zero-order valence-electron chi connectivity index (χ0n) is 20.2. The molecule has 0 unspecified atom stereocenters. The van der Waals surface area contributed by atoms with Gasteiger partial charge in [-0.1, -0.05) is 30.3 Å². The average Bonchev–Trinajstić information content (AvgIpc) is 3.02. The fourth-order valence-electron chi connectivity index (χ4n) is 4.10. The summed E-state index contributed by atoms with van der Waals surface area (Å²) in [5.74, 6) is 1.10. The second-order valence-electron chi connectivity index (χ2n) is 8.27. The molecule has 0 saturated heterocycles. The van der Waals surface area contributed by atoms with Gasteiger partial charge in [0.25, 0.3) is 0 Å². The topological polar surface area (TPSA) is 76.1 Å². The summed E-state index contributed by atoms with van der Waals surface area (Å²) in [5.41, 5.74) is 3.28. The molecule has 2 amide bonds. The van der Waals surface area contributed by atoms with Crippen molar-refractivity contribution in [1.82, 2.24) is 15.3 Å². The van der Waals surface area contributed by atoms with E-state index in [2.05, 4.69) is 10.3 Å². The Bertz CT molecular complexity index is 1290. The Balaban J connectivity index is 1.79. The van der Waals surface area contributed by atoms with Crippen molar-refractivity contribution >= 4 is 11.7 Å². The van der Waals surface area contributed by atoms with Crippen molar-refractivity contribution in [3.8, 4) is 22.6 Å². The van der Waals surface area contributed by atoms with Crippen molar-refractivity contribution in [2.45, 2.75) is 25.6 Å². The molecule has 1 aliphatic rings. The summed E-state index contributed by atoms with van der Waals surface area (Å²) < 4.78 is 49.5. The van der Waals surface area contributed by atoms with Crippen LogP contribution in [0.25, 0.3) is 11.1 Å². The minimum absolute atomic E-state index is 0.239.